The Morgan fingerprint density at radius 3 is 2.58 bits per heavy atom. The molecule has 5 nitrogen and oxygen atoms in total. The van der Waals surface area contributed by atoms with Crippen LogP contribution in [0.1, 0.15) is 22.5 Å². The van der Waals surface area contributed by atoms with E-state index in [4.69, 9.17) is 0 Å². The summed E-state index contributed by atoms with van der Waals surface area (Å²) in [6.07, 6.45) is 1.97. The maximum Gasteiger partial charge on any atom is 0.261 e. The van der Waals surface area contributed by atoms with E-state index in [-0.39, 0.29) is 33.5 Å². The monoisotopic (exact) mass is 386 g/mol. The molecule has 1 aliphatic rings. The summed E-state index contributed by atoms with van der Waals surface area (Å²) in [6.45, 7) is 1.73. The Balaban J connectivity index is 0.00000208. The predicted molar refractivity (Wildman–Crippen MR) is 96.8 cm³/mol. The average Bonchev–Trinajstić information content (AvgIpc) is 3.07. The summed E-state index contributed by atoms with van der Waals surface area (Å²) >= 11 is 1.01. The third-order valence-corrected chi connectivity index (χ3v) is 7.10. The molecule has 1 saturated heterocycles. The first-order valence-corrected chi connectivity index (χ1v) is 9.79. The summed E-state index contributed by atoms with van der Waals surface area (Å²) in [4.78, 5) is 12.9. The van der Waals surface area contributed by atoms with Crippen molar-refractivity contribution < 1.29 is 13.2 Å². The second-order valence-electron chi connectivity index (χ2n) is 5.45. The molecule has 1 aliphatic heterocycles. The quantitative estimate of drug-likeness (QED) is 0.846. The number of rotatable bonds is 4. The summed E-state index contributed by atoms with van der Waals surface area (Å²) in [5.41, 5.74) is 0. The molecule has 8 heteroatoms. The van der Waals surface area contributed by atoms with E-state index < -0.39 is 9.84 Å². The molecule has 0 radical (unpaired) electrons. The fourth-order valence-corrected chi connectivity index (χ4v) is 5.17. The van der Waals surface area contributed by atoms with Gasteiger partial charge in [-0.15, -0.1) is 23.7 Å². The summed E-state index contributed by atoms with van der Waals surface area (Å²) in [5, 5.41) is 6.19. The number of thiophene rings is 1. The van der Waals surface area contributed by atoms with Gasteiger partial charge < -0.3 is 10.6 Å². The highest BCUT2D eigenvalue weighted by atomic mass is 35.5. The molecule has 1 aromatic carbocycles. The largest absolute Gasteiger partial charge is 0.347 e. The number of carbonyl (C=O) groups is 1. The first-order valence-electron chi connectivity index (χ1n) is 7.49. The van der Waals surface area contributed by atoms with Gasteiger partial charge in [0.05, 0.1) is 9.77 Å². The van der Waals surface area contributed by atoms with Crippen LogP contribution < -0.4 is 10.6 Å². The second-order valence-corrected chi connectivity index (χ2v) is 8.71. The first kappa shape index (κ1) is 18.9. The van der Waals surface area contributed by atoms with Crippen molar-refractivity contribution in [3.05, 3.63) is 47.3 Å². The van der Waals surface area contributed by atoms with Crippen molar-refractivity contribution in [2.45, 2.75) is 28.0 Å². The predicted octanol–water partition coefficient (Wildman–Crippen LogP) is 2.48. The number of sulfone groups is 1. The zero-order valence-electron chi connectivity index (χ0n) is 12.9. The molecule has 0 bridgehead atoms. The lowest BCUT2D eigenvalue weighted by atomic mass is 10.1. The van der Waals surface area contributed by atoms with Crippen LogP contribution in [0.25, 0.3) is 0 Å². The molecule has 0 saturated carbocycles. The minimum absolute atomic E-state index is 0. The maximum absolute atomic E-state index is 12.5. The van der Waals surface area contributed by atoms with E-state index in [1.54, 1.807) is 36.4 Å². The number of hydrogen-bond donors (Lipinski definition) is 2. The number of halogens is 1. The molecule has 1 aromatic heterocycles. The Labute approximate surface area is 151 Å². The van der Waals surface area contributed by atoms with Crippen molar-refractivity contribution in [2.75, 3.05) is 13.1 Å². The number of nitrogens with one attached hydrogen (secondary N) is 2. The van der Waals surface area contributed by atoms with Crippen molar-refractivity contribution in [1.29, 1.82) is 0 Å². The fourth-order valence-electron chi connectivity index (χ4n) is 2.53. The maximum atomic E-state index is 12.5. The number of piperidine rings is 1. The van der Waals surface area contributed by atoms with Crippen LogP contribution >= 0.6 is 23.7 Å². The summed E-state index contributed by atoms with van der Waals surface area (Å²) in [7, 11) is -3.56. The molecular weight excluding hydrogens is 368 g/mol. The number of amides is 1. The Morgan fingerprint density at radius 1 is 1.17 bits per heavy atom. The molecule has 2 N–H and O–H groups in total. The number of hydrogen-bond acceptors (Lipinski definition) is 5. The highest BCUT2D eigenvalue weighted by Crippen LogP contribution is 2.27. The molecule has 2 heterocycles. The van der Waals surface area contributed by atoms with Crippen LogP contribution in [0.4, 0.5) is 0 Å². The van der Waals surface area contributed by atoms with Gasteiger partial charge in [-0.25, -0.2) is 8.42 Å². The van der Waals surface area contributed by atoms with Gasteiger partial charge in [-0.3, -0.25) is 4.79 Å². The SMILES string of the molecule is Cl.O=C(N[C@H]1CCCNC1)c1ccc(S(=O)(=O)c2ccccc2)s1. The fraction of sp³-hybridized carbons (Fsp3) is 0.312. The smallest absolute Gasteiger partial charge is 0.261 e. The Hall–Kier alpha value is -1.41. The number of benzene rings is 1. The van der Waals surface area contributed by atoms with E-state index in [2.05, 4.69) is 10.6 Å². The molecule has 130 valence electrons. The van der Waals surface area contributed by atoms with Crippen LogP contribution in [-0.2, 0) is 9.84 Å². The Morgan fingerprint density at radius 2 is 1.92 bits per heavy atom. The van der Waals surface area contributed by atoms with Gasteiger partial charge in [0.25, 0.3) is 5.91 Å². The summed E-state index contributed by atoms with van der Waals surface area (Å²) in [6, 6.07) is 11.4. The lowest BCUT2D eigenvalue weighted by Crippen LogP contribution is -2.45. The molecule has 1 atom stereocenters. The van der Waals surface area contributed by atoms with E-state index in [1.807, 2.05) is 0 Å². The zero-order chi connectivity index (χ0) is 16.3. The van der Waals surface area contributed by atoms with Gasteiger partial charge in [0.2, 0.25) is 9.84 Å². The topological polar surface area (TPSA) is 75.3 Å². The van der Waals surface area contributed by atoms with Crippen LogP contribution in [0.2, 0.25) is 0 Å². The van der Waals surface area contributed by atoms with Crippen molar-refractivity contribution in [3.63, 3.8) is 0 Å². The molecule has 1 amide bonds. The lowest BCUT2D eigenvalue weighted by molar-refractivity contribution is 0.0935. The van der Waals surface area contributed by atoms with Crippen molar-refractivity contribution in [2.24, 2.45) is 0 Å². The van der Waals surface area contributed by atoms with Crippen LogP contribution in [0, 0.1) is 0 Å². The highest BCUT2D eigenvalue weighted by Gasteiger charge is 2.22. The molecule has 3 rings (SSSR count). The average molecular weight is 387 g/mol. The third-order valence-electron chi connectivity index (χ3n) is 3.76. The number of carbonyl (C=O) groups excluding carboxylic acids is 1. The van der Waals surface area contributed by atoms with E-state index in [9.17, 15) is 13.2 Å². The van der Waals surface area contributed by atoms with Crippen LogP contribution in [0.3, 0.4) is 0 Å². The van der Waals surface area contributed by atoms with Gasteiger partial charge in [-0.05, 0) is 43.7 Å². The van der Waals surface area contributed by atoms with E-state index >= 15 is 0 Å². The lowest BCUT2D eigenvalue weighted by Gasteiger charge is -2.23. The van der Waals surface area contributed by atoms with E-state index in [0.29, 0.717) is 4.88 Å². The molecule has 24 heavy (non-hydrogen) atoms. The van der Waals surface area contributed by atoms with Crippen LogP contribution in [0.15, 0.2) is 51.6 Å². The minimum Gasteiger partial charge on any atom is -0.347 e. The first-order chi connectivity index (χ1) is 11.1. The van der Waals surface area contributed by atoms with Crippen LogP contribution in [-0.4, -0.2) is 33.5 Å². The van der Waals surface area contributed by atoms with Gasteiger partial charge in [-0.2, -0.15) is 0 Å². The van der Waals surface area contributed by atoms with Gasteiger partial charge in [0.15, 0.2) is 0 Å². The summed E-state index contributed by atoms with van der Waals surface area (Å²) < 4.78 is 25.2. The van der Waals surface area contributed by atoms with Crippen LogP contribution in [0.5, 0.6) is 0 Å². The highest BCUT2D eigenvalue weighted by molar-refractivity contribution is 7.93. The van der Waals surface area contributed by atoms with E-state index in [0.717, 1.165) is 37.3 Å². The second kappa shape index (κ2) is 8.11. The van der Waals surface area contributed by atoms with Crippen molar-refractivity contribution in [1.82, 2.24) is 10.6 Å². The minimum atomic E-state index is -3.56. The normalized spacial score (nSPS) is 17.8. The molecule has 2 aromatic rings. The van der Waals surface area contributed by atoms with Gasteiger partial charge >= 0.3 is 0 Å². The van der Waals surface area contributed by atoms with Gasteiger partial charge in [0.1, 0.15) is 4.21 Å². The summed E-state index contributed by atoms with van der Waals surface area (Å²) in [5.74, 6) is -0.210. The molecule has 0 spiro atoms. The molecule has 1 fully saturated rings. The molecular formula is C16H19ClN2O3S2. The molecule has 0 unspecified atom stereocenters. The van der Waals surface area contributed by atoms with Crippen molar-refractivity contribution >= 4 is 39.5 Å². The van der Waals surface area contributed by atoms with E-state index in [1.165, 1.54) is 6.07 Å². The molecule has 0 aliphatic carbocycles. The Bertz CT molecular complexity index is 785. The van der Waals surface area contributed by atoms with Crippen molar-refractivity contribution in [3.8, 4) is 0 Å². The standard InChI is InChI=1S/C16H18N2O3S2.ClH/c19-16(18-12-5-4-10-17-11-12)14-8-9-15(22-14)23(20,21)13-6-2-1-3-7-13;/h1-3,6-9,12,17H,4-5,10-11H2,(H,18,19);1H/t12-;/m0./s1. The Kier molecular flexibility index (Phi) is 6.40. The van der Waals surface area contributed by atoms with Gasteiger partial charge in [0, 0.05) is 12.6 Å². The third kappa shape index (κ3) is 4.16. The zero-order valence-corrected chi connectivity index (χ0v) is 15.3. The van der Waals surface area contributed by atoms with Gasteiger partial charge in [-0.1, -0.05) is 18.2 Å².